The molecule has 3 heteroatoms. The van der Waals surface area contributed by atoms with E-state index < -0.39 is 0 Å². The first kappa shape index (κ1) is 14.1. The number of halogens is 2. The van der Waals surface area contributed by atoms with E-state index in [4.69, 9.17) is 4.74 Å². The Kier molecular flexibility index (Phi) is 4.59. The van der Waals surface area contributed by atoms with E-state index in [9.17, 15) is 4.39 Å². The Morgan fingerprint density at radius 1 is 1.16 bits per heavy atom. The molecule has 0 aromatic heterocycles. The van der Waals surface area contributed by atoms with Crippen LogP contribution in [0.3, 0.4) is 0 Å². The second-order valence-corrected chi connectivity index (χ2v) is 5.65. The molecule has 2 aromatic rings. The normalized spacial score (nSPS) is 12.2. The third-order valence-corrected chi connectivity index (χ3v) is 3.88. The van der Waals surface area contributed by atoms with Crippen LogP contribution in [0.4, 0.5) is 4.39 Å². The van der Waals surface area contributed by atoms with Gasteiger partial charge >= 0.3 is 0 Å². The number of methoxy groups -OCH3 is 1. The minimum atomic E-state index is -0.166. The van der Waals surface area contributed by atoms with Gasteiger partial charge in [-0.3, -0.25) is 0 Å². The lowest BCUT2D eigenvalue weighted by Gasteiger charge is -2.12. The molecular weight excluding hydrogens is 307 g/mol. The second kappa shape index (κ2) is 6.20. The quantitative estimate of drug-likeness (QED) is 0.733. The first-order chi connectivity index (χ1) is 9.10. The standard InChI is InChI=1S/C16H16BrFO/c1-11-3-8-16(18)14(9-11)15(17)10-12-4-6-13(19-2)7-5-12/h3-9,15H,10H2,1-2H3. The van der Waals surface area contributed by atoms with Gasteiger partial charge < -0.3 is 4.74 Å². The van der Waals surface area contributed by atoms with Crippen LogP contribution in [-0.4, -0.2) is 7.11 Å². The molecule has 0 amide bonds. The van der Waals surface area contributed by atoms with Crippen molar-refractivity contribution in [1.29, 1.82) is 0 Å². The van der Waals surface area contributed by atoms with Crippen LogP contribution in [0.1, 0.15) is 21.5 Å². The van der Waals surface area contributed by atoms with Gasteiger partial charge in [-0.2, -0.15) is 0 Å². The molecule has 1 atom stereocenters. The number of benzene rings is 2. The summed E-state index contributed by atoms with van der Waals surface area (Å²) in [5, 5.41) is 0. The number of aryl methyl sites for hydroxylation is 1. The van der Waals surface area contributed by atoms with E-state index in [0.717, 1.165) is 23.3 Å². The molecule has 0 bridgehead atoms. The van der Waals surface area contributed by atoms with Crippen LogP contribution in [0, 0.1) is 12.7 Å². The summed E-state index contributed by atoms with van der Waals surface area (Å²) in [5.41, 5.74) is 2.91. The maximum absolute atomic E-state index is 13.8. The fourth-order valence-electron chi connectivity index (χ4n) is 1.98. The predicted molar refractivity (Wildman–Crippen MR) is 79.5 cm³/mol. The van der Waals surface area contributed by atoms with Crippen molar-refractivity contribution in [3.05, 3.63) is 65.0 Å². The summed E-state index contributed by atoms with van der Waals surface area (Å²) in [6, 6.07) is 13.0. The van der Waals surface area contributed by atoms with Crippen LogP contribution in [0.15, 0.2) is 42.5 Å². The van der Waals surface area contributed by atoms with Gasteiger partial charge in [0.25, 0.3) is 0 Å². The van der Waals surface area contributed by atoms with Crippen molar-refractivity contribution in [2.45, 2.75) is 18.2 Å². The van der Waals surface area contributed by atoms with Gasteiger partial charge in [-0.1, -0.05) is 45.8 Å². The summed E-state index contributed by atoms with van der Waals surface area (Å²) in [7, 11) is 1.64. The fourth-order valence-corrected chi connectivity index (χ4v) is 2.71. The summed E-state index contributed by atoms with van der Waals surface area (Å²) in [4.78, 5) is -0.0270. The van der Waals surface area contributed by atoms with Gasteiger partial charge in [0.1, 0.15) is 11.6 Å². The van der Waals surface area contributed by atoms with E-state index in [1.807, 2.05) is 37.3 Å². The summed E-state index contributed by atoms with van der Waals surface area (Å²) in [6.45, 7) is 1.97. The number of hydrogen-bond donors (Lipinski definition) is 0. The molecule has 19 heavy (non-hydrogen) atoms. The van der Waals surface area contributed by atoms with E-state index in [2.05, 4.69) is 15.9 Å². The van der Waals surface area contributed by atoms with E-state index >= 15 is 0 Å². The van der Waals surface area contributed by atoms with Gasteiger partial charge in [0.05, 0.1) is 7.11 Å². The first-order valence-corrected chi connectivity index (χ1v) is 7.05. The van der Waals surface area contributed by atoms with Crippen molar-refractivity contribution in [2.75, 3.05) is 7.11 Å². The van der Waals surface area contributed by atoms with Crippen molar-refractivity contribution >= 4 is 15.9 Å². The second-order valence-electron chi connectivity index (χ2n) is 4.54. The molecular formula is C16H16BrFO. The number of ether oxygens (including phenoxy) is 1. The van der Waals surface area contributed by atoms with E-state index in [1.54, 1.807) is 13.2 Å². The molecule has 0 fully saturated rings. The molecule has 0 radical (unpaired) electrons. The average Bonchev–Trinajstić information content (AvgIpc) is 2.42. The lowest BCUT2D eigenvalue weighted by Crippen LogP contribution is -1.99. The number of rotatable bonds is 4. The van der Waals surface area contributed by atoms with Crippen LogP contribution in [-0.2, 0) is 6.42 Å². The van der Waals surface area contributed by atoms with E-state index in [-0.39, 0.29) is 10.6 Å². The maximum Gasteiger partial charge on any atom is 0.127 e. The molecule has 0 saturated heterocycles. The lowest BCUT2D eigenvalue weighted by atomic mass is 10.0. The van der Waals surface area contributed by atoms with Gasteiger partial charge in [-0.15, -0.1) is 0 Å². The van der Waals surface area contributed by atoms with Gasteiger partial charge in [-0.25, -0.2) is 4.39 Å². The molecule has 1 unspecified atom stereocenters. The highest BCUT2D eigenvalue weighted by Gasteiger charge is 2.13. The van der Waals surface area contributed by atoms with Crippen molar-refractivity contribution < 1.29 is 9.13 Å². The fraction of sp³-hybridized carbons (Fsp3) is 0.250. The molecule has 2 rings (SSSR count). The van der Waals surface area contributed by atoms with Crippen molar-refractivity contribution in [2.24, 2.45) is 0 Å². The van der Waals surface area contributed by atoms with Crippen LogP contribution in [0.5, 0.6) is 5.75 Å². The largest absolute Gasteiger partial charge is 0.497 e. The predicted octanol–water partition coefficient (Wildman–Crippen LogP) is 4.82. The zero-order chi connectivity index (χ0) is 13.8. The van der Waals surface area contributed by atoms with Gasteiger partial charge in [-0.05, 0) is 37.1 Å². The summed E-state index contributed by atoms with van der Waals surface area (Å²) in [5.74, 6) is 0.664. The smallest absolute Gasteiger partial charge is 0.127 e. The van der Waals surface area contributed by atoms with Crippen molar-refractivity contribution in [3.63, 3.8) is 0 Å². The molecule has 100 valence electrons. The molecule has 0 aliphatic carbocycles. The van der Waals surface area contributed by atoms with Crippen LogP contribution in [0.2, 0.25) is 0 Å². The van der Waals surface area contributed by atoms with Crippen LogP contribution < -0.4 is 4.74 Å². The molecule has 0 N–H and O–H groups in total. The Bertz CT molecular complexity index is 551. The molecule has 0 aliphatic heterocycles. The monoisotopic (exact) mass is 322 g/mol. The highest BCUT2D eigenvalue weighted by molar-refractivity contribution is 9.09. The van der Waals surface area contributed by atoms with Gasteiger partial charge in [0.15, 0.2) is 0 Å². The average molecular weight is 323 g/mol. The Balaban J connectivity index is 2.15. The lowest BCUT2D eigenvalue weighted by molar-refractivity contribution is 0.414. The molecule has 1 nitrogen and oxygen atoms in total. The van der Waals surface area contributed by atoms with Crippen molar-refractivity contribution in [3.8, 4) is 5.75 Å². The molecule has 0 aliphatic rings. The molecule has 0 spiro atoms. The van der Waals surface area contributed by atoms with Crippen LogP contribution in [0.25, 0.3) is 0 Å². The van der Waals surface area contributed by atoms with E-state index in [0.29, 0.717) is 5.56 Å². The topological polar surface area (TPSA) is 9.23 Å². The Hall–Kier alpha value is -1.35. The third-order valence-electron chi connectivity index (χ3n) is 3.06. The highest BCUT2D eigenvalue weighted by Crippen LogP contribution is 2.30. The zero-order valence-electron chi connectivity index (χ0n) is 11.0. The number of alkyl halides is 1. The zero-order valence-corrected chi connectivity index (χ0v) is 12.6. The number of hydrogen-bond acceptors (Lipinski definition) is 1. The summed E-state index contributed by atoms with van der Waals surface area (Å²) >= 11 is 3.57. The minimum absolute atomic E-state index is 0.0270. The SMILES string of the molecule is COc1ccc(CC(Br)c2cc(C)ccc2F)cc1. The van der Waals surface area contributed by atoms with Crippen molar-refractivity contribution in [1.82, 2.24) is 0 Å². The Morgan fingerprint density at radius 2 is 1.84 bits per heavy atom. The van der Waals surface area contributed by atoms with E-state index in [1.165, 1.54) is 6.07 Å². The molecule has 0 saturated carbocycles. The summed E-state index contributed by atoms with van der Waals surface area (Å²) < 4.78 is 18.9. The maximum atomic E-state index is 13.8. The Morgan fingerprint density at radius 3 is 2.47 bits per heavy atom. The highest BCUT2D eigenvalue weighted by atomic mass is 79.9. The third kappa shape index (κ3) is 3.57. The van der Waals surface area contributed by atoms with Gasteiger partial charge in [0.2, 0.25) is 0 Å². The van der Waals surface area contributed by atoms with Crippen LogP contribution >= 0.6 is 15.9 Å². The van der Waals surface area contributed by atoms with Gasteiger partial charge in [0, 0.05) is 10.4 Å². The minimum Gasteiger partial charge on any atom is -0.497 e. The molecule has 2 aromatic carbocycles. The Labute approximate surface area is 121 Å². The summed E-state index contributed by atoms with van der Waals surface area (Å²) in [6.07, 6.45) is 0.740. The first-order valence-electron chi connectivity index (χ1n) is 6.13. The molecule has 0 heterocycles.